The van der Waals surface area contributed by atoms with Gasteiger partial charge in [-0.25, -0.2) is 10.2 Å². The molecule has 4 aromatic rings. The number of aryl methyl sites for hydroxylation is 1. The summed E-state index contributed by atoms with van der Waals surface area (Å²) < 4.78 is 55.7. The number of nitrogen functional groups attached to an aromatic ring is 1. The van der Waals surface area contributed by atoms with Gasteiger partial charge in [0.1, 0.15) is 10.0 Å². The number of nitrogens with one attached hydrogen (secondary N) is 1. The number of halogens is 4. The number of hydrazone groups is 1. The topological polar surface area (TPSA) is 133 Å². The first-order valence-corrected chi connectivity index (χ1v) is 14.8. The van der Waals surface area contributed by atoms with Gasteiger partial charge in [-0.05, 0) is 60.3 Å². The van der Waals surface area contributed by atoms with Crippen LogP contribution in [0.25, 0.3) is 0 Å². The number of carbonyl (C=O) groups excluding carboxylic acids is 3. The van der Waals surface area contributed by atoms with Crippen molar-refractivity contribution >= 4 is 68.3 Å². The van der Waals surface area contributed by atoms with Crippen molar-refractivity contribution in [1.82, 2.24) is 5.43 Å². The Morgan fingerprint density at radius 2 is 1.78 bits per heavy atom. The van der Waals surface area contributed by atoms with Crippen LogP contribution in [0.15, 0.2) is 59.0 Å². The van der Waals surface area contributed by atoms with E-state index in [9.17, 15) is 27.6 Å². The van der Waals surface area contributed by atoms with Crippen LogP contribution >= 0.6 is 34.3 Å². The zero-order valence-electron chi connectivity index (χ0n) is 23.7. The lowest BCUT2D eigenvalue weighted by atomic mass is 10.1. The average Bonchev–Trinajstić information content (AvgIpc) is 3.62. The Bertz CT molecular complexity index is 1770. The predicted molar refractivity (Wildman–Crippen MR) is 166 cm³/mol. The molecular formula is C29H24ClF3N4O6S2. The molecule has 0 bridgehead atoms. The number of carbonyl (C=O) groups is 3. The van der Waals surface area contributed by atoms with E-state index in [4.69, 9.17) is 31.5 Å². The van der Waals surface area contributed by atoms with E-state index >= 15 is 0 Å². The van der Waals surface area contributed by atoms with Crippen LogP contribution in [0.2, 0.25) is 5.02 Å². The first-order valence-electron chi connectivity index (χ1n) is 12.7. The van der Waals surface area contributed by atoms with Crippen LogP contribution in [0.4, 0.5) is 23.2 Å². The van der Waals surface area contributed by atoms with Crippen LogP contribution in [0.3, 0.4) is 0 Å². The van der Waals surface area contributed by atoms with E-state index < -0.39 is 41.3 Å². The molecule has 0 unspecified atom stereocenters. The van der Waals surface area contributed by atoms with Gasteiger partial charge in [-0.1, -0.05) is 17.7 Å². The highest BCUT2D eigenvalue weighted by atomic mass is 35.5. The Morgan fingerprint density at radius 3 is 2.42 bits per heavy atom. The fourth-order valence-corrected chi connectivity index (χ4v) is 5.80. The lowest BCUT2D eigenvalue weighted by molar-refractivity contribution is -0.137. The Hall–Kier alpha value is -4.60. The molecule has 0 aliphatic heterocycles. The number of benzene rings is 2. The summed E-state index contributed by atoms with van der Waals surface area (Å²) in [5, 5.41) is 5.24. The smallest absolute Gasteiger partial charge is 0.417 e. The highest BCUT2D eigenvalue weighted by Gasteiger charge is 2.33. The highest BCUT2D eigenvalue weighted by molar-refractivity contribution is 7.16. The molecule has 0 spiro atoms. The molecule has 236 valence electrons. The molecule has 3 N–H and O–H groups in total. The Balaban J connectivity index is 1.65. The second-order valence-corrected chi connectivity index (χ2v) is 11.7. The molecule has 0 saturated heterocycles. The van der Waals surface area contributed by atoms with Gasteiger partial charge in [0, 0.05) is 10.4 Å². The van der Waals surface area contributed by atoms with Crippen LogP contribution in [0.1, 0.15) is 47.1 Å². The molecule has 2 amide bonds. The fourth-order valence-electron chi connectivity index (χ4n) is 3.96. The molecule has 2 aromatic carbocycles. The van der Waals surface area contributed by atoms with E-state index in [0.29, 0.717) is 10.6 Å². The van der Waals surface area contributed by atoms with Gasteiger partial charge in [0.25, 0.3) is 11.8 Å². The monoisotopic (exact) mass is 680 g/mol. The molecule has 2 aromatic heterocycles. The third kappa shape index (κ3) is 7.74. The average molecular weight is 681 g/mol. The molecule has 0 atom stereocenters. The zero-order chi connectivity index (χ0) is 32.9. The van der Waals surface area contributed by atoms with Crippen molar-refractivity contribution in [2.24, 2.45) is 5.10 Å². The number of methoxy groups -OCH3 is 2. The van der Waals surface area contributed by atoms with Gasteiger partial charge in [0.2, 0.25) is 0 Å². The third-order valence-corrected chi connectivity index (χ3v) is 8.27. The van der Waals surface area contributed by atoms with Crippen molar-refractivity contribution in [3.8, 4) is 11.5 Å². The van der Waals surface area contributed by atoms with E-state index in [1.165, 1.54) is 50.6 Å². The normalized spacial score (nSPS) is 11.4. The summed E-state index contributed by atoms with van der Waals surface area (Å²) in [6.07, 6.45) is -3.67. The summed E-state index contributed by atoms with van der Waals surface area (Å²) in [4.78, 5) is 41.6. The molecule has 0 radical (unpaired) electrons. The molecule has 4 rings (SSSR count). The number of nitrogens with zero attached hydrogens (tertiary/aromatic N) is 2. The maximum atomic E-state index is 13.9. The van der Waals surface area contributed by atoms with E-state index in [1.54, 1.807) is 12.3 Å². The fraction of sp³-hybridized carbons (Fsp3) is 0.172. The predicted octanol–water partition coefficient (Wildman–Crippen LogP) is 6.61. The number of hydrogen-bond acceptors (Lipinski definition) is 10. The molecule has 0 aliphatic rings. The van der Waals surface area contributed by atoms with Gasteiger partial charge in [-0.3, -0.25) is 14.5 Å². The SMILES string of the molecule is COc1ccc(C(=O)N(COC(=O)c2ccsc2N)c2sc(C)cc2C(=O)NN=Cc2ccc(Cl)c(C(F)(F)F)c2)cc1OC. The first kappa shape index (κ1) is 33.3. The number of nitrogens with two attached hydrogens (primary N) is 1. The second-order valence-electron chi connectivity index (χ2n) is 9.07. The minimum Gasteiger partial charge on any atom is -0.493 e. The van der Waals surface area contributed by atoms with Gasteiger partial charge >= 0.3 is 12.1 Å². The zero-order valence-corrected chi connectivity index (χ0v) is 26.1. The van der Waals surface area contributed by atoms with Crippen LogP contribution in [-0.2, 0) is 10.9 Å². The van der Waals surface area contributed by atoms with Crippen LogP contribution in [0.5, 0.6) is 11.5 Å². The summed E-state index contributed by atoms with van der Waals surface area (Å²) in [6.45, 7) is 1.09. The molecular weight excluding hydrogens is 657 g/mol. The van der Waals surface area contributed by atoms with Gasteiger partial charge in [0.15, 0.2) is 18.2 Å². The Kier molecular flexibility index (Phi) is 10.4. The van der Waals surface area contributed by atoms with Gasteiger partial charge in [-0.2, -0.15) is 18.3 Å². The second kappa shape index (κ2) is 14.0. The number of rotatable bonds is 10. The number of ether oxygens (including phenoxy) is 3. The highest BCUT2D eigenvalue weighted by Crippen LogP contribution is 2.36. The maximum Gasteiger partial charge on any atom is 0.417 e. The van der Waals surface area contributed by atoms with Crippen molar-refractivity contribution in [1.29, 1.82) is 0 Å². The standard InChI is InChI=1S/C29H24ClF3N4O6S2/c1-15-10-19(25(38)36-35-13-16-4-6-21(30)20(11-16)29(31,32)33)27(45-15)37(14-43-28(40)18-8-9-44-24(18)34)26(39)17-5-7-22(41-2)23(12-17)42-3/h4-13H,14,34H2,1-3H3,(H,36,38). The lowest BCUT2D eigenvalue weighted by Gasteiger charge is -2.22. The number of esters is 1. The van der Waals surface area contributed by atoms with E-state index in [1.807, 2.05) is 0 Å². The third-order valence-electron chi connectivity index (χ3n) is 6.12. The minimum atomic E-state index is -4.68. The summed E-state index contributed by atoms with van der Waals surface area (Å²) >= 11 is 7.86. The van der Waals surface area contributed by atoms with Crippen molar-refractivity contribution in [3.63, 3.8) is 0 Å². The van der Waals surface area contributed by atoms with E-state index in [-0.39, 0.29) is 38.0 Å². The van der Waals surface area contributed by atoms with Crippen molar-refractivity contribution in [2.75, 3.05) is 31.6 Å². The molecule has 0 saturated carbocycles. The van der Waals surface area contributed by atoms with E-state index in [0.717, 1.165) is 45.9 Å². The summed E-state index contributed by atoms with van der Waals surface area (Å²) in [5.74, 6) is -1.59. The Labute approximate surface area is 267 Å². The quantitative estimate of drug-likeness (QED) is 0.0833. The van der Waals surface area contributed by atoms with Gasteiger partial charge in [-0.15, -0.1) is 22.7 Å². The number of amides is 2. The summed E-state index contributed by atoms with van der Waals surface area (Å²) in [7, 11) is 2.84. The lowest BCUT2D eigenvalue weighted by Crippen LogP contribution is -2.35. The molecule has 16 heteroatoms. The number of alkyl halides is 3. The van der Waals surface area contributed by atoms with Crippen molar-refractivity contribution in [3.05, 3.63) is 91.6 Å². The molecule has 2 heterocycles. The molecule has 10 nitrogen and oxygen atoms in total. The largest absolute Gasteiger partial charge is 0.493 e. The molecule has 0 aliphatic carbocycles. The Morgan fingerprint density at radius 1 is 1.04 bits per heavy atom. The van der Waals surface area contributed by atoms with Crippen molar-refractivity contribution in [2.45, 2.75) is 13.1 Å². The van der Waals surface area contributed by atoms with Crippen molar-refractivity contribution < 1.29 is 41.8 Å². The molecule has 45 heavy (non-hydrogen) atoms. The summed E-state index contributed by atoms with van der Waals surface area (Å²) in [6, 6.07) is 10.5. The van der Waals surface area contributed by atoms with E-state index in [2.05, 4.69) is 10.5 Å². The summed E-state index contributed by atoms with van der Waals surface area (Å²) in [5.41, 5.74) is 7.30. The van der Waals surface area contributed by atoms with Crippen LogP contribution in [-0.4, -0.2) is 44.9 Å². The first-order chi connectivity index (χ1) is 21.3. The van der Waals surface area contributed by atoms with Gasteiger partial charge in [0.05, 0.1) is 42.1 Å². The van der Waals surface area contributed by atoms with Gasteiger partial charge < -0.3 is 19.9 Å². The minimum absolute atomic E-state index is 0.0124. The molecule has 0 fully saturated rings. The number of thiophene rings is 2. The van der Waals surface area contributed by atoms with Crippen LogP contribution < -0.4 is 25.5 Å². The number of anilines is 2. The number of hydrogen-bond donors (Lipinski definition) is 2. The van der Waals surface area contributed by atoms with Crippen LogP contribution in [0, 0.1) is 6.92 Å². The maximum absolute atomic E-state index is 13.9.